The lowest BCUT2D eigenvalue weighted by Gasteiger charge is -2.38. The Hall–Kier alpha value is -0.340. The molecule has 0 aromatic rings. The Morgan fingerprint density at radius 3 is 2.80 bits per heavy atom. The Balaban J connectivity index is 1.57. The van der Waals surface area contributed by atoms with Crippen molar-refractivity contribution in [3.05, 3.63) is 12.2 Å². The molecule has 2 heteroatoms. The van der Waals surface area contributed by atoms with Gasteiger partial charge in [0.15, 0.2) is 0 Å². The average molecular weight is 209 g/mol. The van der Waals surface area contributed by atoms with Gasteiger partial charge in [0.05, 0.1) is 0 Å². The molecule has 86 valence electrons. The molecule has 2 aliphatic rings. The Morgan fingerprint density at radius 1 is 1.27 bits per heavy atom. The topological polar surface area (TPSA) is 12.5 Å². The summed E-state index contributed by atoms with van der Waals surface area (Å²) in [6, 6.07) is 0. The number of hydrogen-bond acceptors (Lipinski definition) is 2. The second kappa shape index (κ2) is 5.66. The molecule has 0 amide bonds. The van der Waals surface area contributed by atoms with Crippen LogP contribution in [0, 0.1) is 11.8 Å². The van der Waals surface area contributed by atoms with Gasteiger partial charge >= 0.3 is 0 Å². The molecule has 0 radical (unpaired) electrons. The van der Waals surface area contributed by atoms with Gasteiger partial charge in [-0.25, -0.2) is 0 Å². The van der Waals surface area contributed by atoms with Gasteiger partial charge in [-0.2, -0.15) is 0 Å². The van der Waals surface area contributed by atoms with E-state index in [1.165, 1.54) is 38.9 Å². The van der Waals surface area contributed by atoms with Crippen LogP contribution in [0.25, 0.3) is 0 Å². The molecule has 0 aromatic carbocycles. The zero-order valence-electron chi connectivity index (χ0n) is 9.82. The fraction of sp³-hybridized carbons (Fsp3) is 0.846. The van der Waals surface area contributed by atoms with Crippen molar-refractivity contribution in [2.24, 2.45) is 11.8 Å². The molecule has 0 aromatic heterocycles. The molecule has 0 spiro atoms. The zero-order valence-corrected chi connectivity index (χ0v) is 9.82. The molecule has 0 N–H and O–H groups in total. The van der Waals surface area contributed by atoms with E-state index in [1.54, 1.807) is 0 Å². The van der Waals surface area contributed by atoms with Crippen molar-refractivity contribution in [3.63, 3.8) is 0 Å². The van der Waals surface area contributed by atoms with Gasteiger partial charge in [0.1, 0.15) is 0 Å². The van der Waals surface area contributed by atoms with Crippen LogP contribution in [0.4, 0.5) is 0 Å². The lowest BCUT2D eigenvalue weighted by atomic mass is 9.75. The third-order valence-electron chi connectivity index (χ3n) is 3.55. The summed E-state index contributed by atoms with van der Waals surface area (Å²) < 4.78 is 5.45. The van der Waals surface area contributed by atoms with Crippen LogP contribution in [0.1, 0.15) is 26.2 Å². The molecule has 2 nitrogen and oxygen atoms in total. The normalized spacial score (nSPS) is 31.5. The molecule has 0 saturated heterocycles. The number of nitrogens with zero attached hydrogens (tertiary/aromatic N) is 1. The molecule has 1 aliphatic carbocycles. The van der Waals surface area contributed by atoms with Crippen molar-refractivity contribution in [1.82, 2.24) is 4.90 Å². The molecule has 2 rings (SSSR count). The van der Waals surface area contributed by atoms with Crippen LogP contribution in [0.3, 0.4) is 0 Å². The molecule has 0 unspecified atom stereocenters. The minimum Gasteiger partial charge on any atom is -0.381 e. The largest absolute Gasteiger partial charge is 0.381 e. The van der Waals surface area contributed by atoms with Gasteiger partial charge in [0.2, 0.25) is 0 Å². The fourth-order valence-corrected chi connectivity index (χ4v) is 2.66. The van der Waals surface area contributed by atoms with Crippen LogP contribution >= 0.6 is 0 Å². The first kappa shape index (κ1) is 11.2. The first-order chi connectivity index (χ1) is 7.38. The van der Waals surface area contributed by atoms with Crippen LogP contribution in [0.15, 0.2) is 12.2 Å². The smallest absolute Gasteiger partial charge is 0.0494 e. The van der Waals surface area contributed by atoms with Crippen LogP contribution in [-0.2, 0) is 4.74 Å². The van der Waals surface area contributed by atoms with Crippen molar-refractivity contribution < 1.29 is 4.74 Å². The Bertz CT molecular complexity index is 209. The summed E-state index contributed by atoms with van der Waals surface area (Å²) in [6.07, 6.45) is 8.63. The van der Waals surface area contributed by atoms with E-state index in [0.29, 0.717) is 0 Å². The molecule has 0 bridgehead atoms. The highest BCUT2D eigenvalue weighted by molar-refractivity contribution is 4.92. The van der Waals surface area contributed by atoms with Gasteiger partial charge in [0.25, 0.3) is 0 Å². The van der Waals surface area contributed by atoms with Gasteiger partial charge < -0.3 is 4.74 Å². The number of ether oxygens (including phenoxy) is 1. The minimum absolute atomic E-state index is 0.857. The van der Waals surface area contributed by atoms with E-state index in [0.717, 1.165) is 25.0 Å². The van der Waals surface area contributed by atoms with Crippen molar-refractivity contribution in [2.75, 3.05) is 32.8 Å². The maximum absolute atomic E-state index is 5.45. The molecular weight excluding hydrogens is 186 g/mol. The number of hydrogen-bond donors (Lipinski definition) is 0. The van der Waals surface area contributed by atoms with Crippen molar-refractivity contribution in [3.8, 4) is 0 Å². The lowest BCUT2D eigenvalue weighted by molar-refractivity contribution is 0.0373. The maximum Gasteiger partial charge on any atom is 0.0494 e. The fourth-order valence-electron chi connectivity index (χ4n) is 2.66. The van der Waals surface area contributed by atoms with E-state index in [2.05, 4.69) is 24.0 Å². The summed E-state index contributed by atoms with van der Waals surface area (Å²) in [7, 11) is 0. The first-order valence-corrected chi connectivity index (χ1v) is 6.33. The van der Waals surface area contributed by atoms with Gasteiger partial charge in [-0.15, -0.1) is 0 Å². The van der Waals surface area contributed by atoms with E-state index < -0.39 is 0 Å². The van der Waals surface area contributed by atoms with E-state index in [4.69, 9.17) is 4.74 Å². The molecule has 1 fully saturated rings. The average Bonchev–Trinajstić information content (AvgIpc) is 2.23. The summed E-state index contributed by atoms with van der Waals surface area (Å²) in [4.78, 5) is 2.58. The molecular formula is C13H23NO. The molecule has 1 aliphatic heterocycles. The molecule has 0 atom stereocenters. The zero-order chi connectivity index (χ0) is 10.5. The van der Waals surface area contributed by atoms with Gasteiger partial charge in [-0.3, -0.25) is 4.90 Å². The predicted molar refractivity (Wildman–Crippen MR) is 62.9 cm³/mol. The summed E-state index contributed by atoms with van der Waals surface area (Å²) in [5.74, 6) is 1.80. The molecule has 15 heavy (non-hydrogen) atoms. The van der Waals surface area contributed by atoms with Crippen LogP contribution in [0.2, 0.25) is 0 Å². The van der Waals surface area contributed by atoms with Crippen molar-refractivity contribution >= 4 is 0 Å². The highest BCUT2D eigenvalue weighted by Gasteiger charge is 2.30. The summed E-state index contributed by atoms with van der Waals surface area (Å²) in [5, 5.41) is 0. The predicted octanol–water partition coefficient (Wildman–Crippen LogP) is 2.31. The van der Waals surface area contributed by atoms with Crippen LogP contribution in [-0.4, -0.2) is 37.7 Å². The second-order valence-electron chi connectivity index (χ2n) is 4.88. The summed E-state index contributed by atoms with van der Waals surface area (Å²) >= 11 is 0. The maximum atomic E-state index is 5.45. The summed E-state index contributed by atoms with van der Waals surface area (Å²) in [5.41, 5.74) is 0. The van der Waals surface area contributed by atoms with E-state index >= 15 is 0 Å². The summed E-state index contributed by atoms with van der Waals surface area (Å²) in [6.45, 7) is 7.70. The standard InChI is InChI=1S/C13H23NO/c1-2-15-11-13-8-12(9-13)10-14-6-4-3-5-7-14/h3-4,12-13H,2,5-11H2,1H3. The van der Waals surface area contributed by atoms with Gasteiger partial charge in [0, 0.05) is 32.8 Å². The van der Waals surface area contributed by atoms with Crippen LogP contribution in [0.5, 0.6) is 0 Å². The second-order valence-corrected chi connectivity index (χ2v) is 4.88. The van der Waals surface area contributed by atoms with E-state index in [9.17, 15) is 0 Å². The molecule has 1 heterocycles. The third-order valence-corrected chi connectivity index (χ3v) is 3.55. The number of rotatable bonds is 5. The van der Waals surface area contributed by atoms with Crippen LogP contribution < -0.4 is 0 Å². The SMILES string of the molecule is CCOCC1CC(CN2CC=CCC2)C1. The van der Waals surface area contributed by atoms with E-state index in [1.807, 2.05) is 0 Å². The quantitative estimate of drug-likeness (QED) is 0.644. The highest BCUT2D eigenvalue weighted by Crippen LogP contribution is 2.34. The monoisotopic (exact) mass is 209 g/mol. The third kappa shape index (κ3) is 3.32. The van der Waals surface area contributed by atoms with E-state index in [-0.39, 0.29) is 0 Å². The van der Waals surface area contributed by atoms with Gasteiger partial charge in [-0.05, 0) is 38.0 Å². The van der Waals surface area contributed by atoms with Crippen molar-refractivity contribution in [2.45, 2.75) is 26.2 Å². The minimum atomic E-state index is 0.857. The van der Waals surface area contributed by atoms with Crippen molar-refractivity contribution in [1.29, 1.82) is 0 Å². The van der Waals surface area contributed by atoms with Gasteiger partial charge in [-0.1, -0.05) is 12.2 Å². The molecule has 1 saturated carbocycles. The Morgan fingerprint density at radius 2 is 2.13 bits per heavy atom. The Kier molecular flexibility index (Phi) is 4.21. The highest BCUT2D eigenvalue weighted by atomic mass is 16.5. The first-order valence-electron chi connectivity index (χ1n) is 6.33. The lowest BCUT2D eigenvalue weighted by Crippen LogP contribution is -2.39. The Labute approximate surface area is 93.3 Å².